The summed E-state index contributed by atoms with van der Waals surface area (Å²) in [5.74, 6) is 0. The molecule has 0 amide bonds. The Labute approximate surface area is 112 Å². The number of likely N-dealkylation sites (tertiary alicyclic amines) is 1. The molecule has 18 heavy (non-hydrogen) atoms. The Bertz CT molecular complexity index is 296. The minimum absolute atomic E-state index is 0.261. The molecular weight excluding hydrogens is 222 g/mol. The summed E-state index contributed by atoms with van der Waals surface area (Å²) in [5, 5.41) is 0. The fourth-order valence-electron chi connectivity index (χ4n) is 4.35. The molecule has 0 aromatic heterocycles. The Hall–Kier alpha value is -0.120. The zero-order valence-corrected chi connectivity index (χ0v) is 12.1. The molecule has 1 heterocycles. The maximum atomic E-state index is 6.21. The van der Waals surface area contributed by atoms with Gasteiger partial charge in [0.2, 0.25) is 0 Å². The minimum atomic E-state index is 0.261. The highest BCUT2D eigenvalue weighted by molar-refractivity contribution is 5.07. The van der Waals surface area contributed by atoms with Crippen molar-refractivity contribution in [3.8, 4) is 0 Å². The summed E-state index contributed by atoms with van der Waals surface area (Å²) in [6, 6.07) is 2.40. The first-order valence-electron chi connectivity index (χ1n) is 7.85. The van der Waals surface area contributed by atoms with E-state index in [1.165, 1.54) is 51.5 Å². The standard InChI is InChI=1S/C15H29N3/c1-12-9-15(10-16,11-18(12)14-7-8-14)17(2)13-5-3-4-6-13/h12-14H,3-11,16H2,1-2H3. The number of rotatable bonds is 4. The van der Waals surface area contributed by atoms with E-state index >= 15 is 0 Å². The van der Waals surface area contributed by atoms with Crippen molar-refractivity contribution in [2.24, 2.45) is 5.73 Å². The van der Waals surface area contributed by atoms with Crippen LogP contribution in [0, 0.1) is 0 Å². The van der Waals surface area contributed by atoms with E-state index in [1.807, 2.05) is 0 Å². The van der Waals surface area contributed by atoms with Gasteiger partial charge < -0.3 is 5.73 Å². The van der Waals surface area contributed by atoms with Crippen LogP contribution < -0.4 is 5.73 Å². The van der Waals surface area contributed by atoms with E-state index in [1.54, 1.807) is 0 Å². The fraction of sp³-hybridized carbons (Fsp3) is 1.00. The molecule has 3 rings (SSSR count). The largest absolute Gasteiger partial charge is 0.329 e. The van der Waals surface area contributed by atoms with Crippen LogP contribution in [-0.2, 0) is 0 Å². The van der Waals surface area contributed by atoms with Crippen molar-refractivity contribution in [2.75, 3.05) is 20.1 Å². The quantitative estimate of drug-likeness (QED) is 0.827. The first-order chi connectivity index (χ1) is 8.66. The fourth-order valence-corrected chi connectivity index (χ4v) is 4.35. The van der Waals surface area contributed by atoms with Crippen LogP contribution in [0.25, 0.3) is 0 Å². The van der Waals surface area contributed by atoms with Gasteiger partial charge in [0.15, 0.2) is 0 Å². The number of likely N-dealkylation sites (N-methyl/N-ethyl adjacent to an activating group) is 1. The van der Waals surface area contributed by atoms with Gasteiger partial charge in [-0.2, -0.15) is 0 Å². The molecule has 0 radical (unpaired) electrons. The first kappa shape index (κ1) is 12.9. The van der Waals surface area contributed by atoms with Crippen LogP contribution in [0.2, 0.25) is 0 Å². The number of nitrogens with zero attached hydrogens (tertiary/aromatic N) is 2. The third-order valence-corrected chi connectivity index (χ3v) is 5.73. The Kier molecular flexibility index (Phi) is 3.41. The zero-order valence-electron chi connectivity index (χ0n) is 12.1. The van der Waals surface area contributed by atoms with Crippen molar-refractivity contribution >= 4 is 0 Å². The highest BCUT2D eigenvalue weighted by Crippen LogP contribution is 2.41. The molecule has 3 nitrogen and oxygen atoms in total. The van der Waals surface area contributed by atoms with Gasteiger partial charge in [-0.05, 0) is 46.1 Å². The summed E-state index contributed by atoms with van der Waals surface area (Å²) in [4.78, 5) is 5.40. The molecule has 1 saturated heterocycles. The van der Waals surface area contributed by atoms with Gasteiger partial charge in [-0.15, -0.1) is 0 Å². The second-order valence-corrected chi connectivity index (χ2v) is 6.93. The second kappa shape index (κ2) is 4.77. The highest BCUT2D eigenvalue weighted by atomic mass is 15.3. The number of hydrogen-bond acceptors (Lipinski definition) is 3. The summed E-state index contributed by atoms with van der Waals surface area (Å²) in [5.41, 5.74) is 6.47. The lowest BCUT2D eigenvalue weighted by Gasteiger charge is -2.42. The summed E-state index contributed by atoms with van der Waals surface area (Å²) in [6.07, 6.45) is 9.70. The lowest BCUT2D eigenvalue weighted by molar-refractivity contribution is 0.0833. The monoisotopic (exact) mass is 251 g/mol. The van der Waals surface area contributed by atoms with E-state index in [2.05, 4.69) is 23.8 Å². The van der Waals surface area contributed by atoms with E-state index in [-0.39, 0.29) is 5.54 Å². The topological polar surface area (TPSA) is 32.5 Å². The summed E-state index contributed by atoms with van der Waals surface area (Å²) >= 11 is 0. The molecule has 3 aliphatic rings. The van der Waals surface area contributed by atoms with Crippen LogP contribution in [0.15, 0.2) is 0 Å². The lowest BCUT2D eigenvalue weighted by Crippen LogP contribution is -2.57. The molecule has 3 fully saturated rings. The molecule has 104 valence electrons. The molecule has 2 saturated carbocycles. The predicted octanol–water partition coefficient (Wildman–Crippen LogP) is 1.81. The summed E-state index contributed by atoms with van der Waals surface area (Å²) in [7, 11) is 2.34. The molecule has 0 aromatic rings. The van der Waals surface area contributed by atoms with E-state index in [4.69, 9.17) is 5.73 Å². The SMILES string of the molecule is CC1CC(CN)(N(C)C2CCCC2)CN1C1CC1. The van der Waals surface area contributed by atoms with Gasteiger partial charge in [0, 0.05) is 36.8 Å². The van der Waals surface area contributed by atoms with Gasteiger partial charge in [-0.3, -0.25) is 9.80 Å². The summed E-state index contributed by atoms with van der Waals surface area (Å²) < 4.78 is 0. The average Bonchev–Trinajstić information content (AvgIpc) is 2.95. The maximum absolute atomic E-state index is 6.21. The Morgan fingerprint density at radius 2 is 1.89 bits per heavy atom. The van der Waals surface area contributed by atoms with Gasteiger partial charge >= 0.3 is 0 Å². The Balaban J connectivity index is 1.73. The van der Waals surface area contributed by atoms with Crippen molar-refractivity contribution < 1.29 is 0 Å². The van der Waals surface area contributed by atoms with Crippen molar-refractivity contribution in [3.05, 3.63) is 0 Å². The van der Waals surface area contributed by atoms with Gasteiger partial charge in [0.1, 0.15) is 0 Å². The van der Waals surface area contributed by atoms with E-state index in [0.29, 0.717) is 0 Å². The molecule has 2 unspecified atom stereocenters. The molecular formula is C15H29N3. The third kappa shape index (κ3) is 2.10. The number of nitrogens with two attached hydrogens (primary N) is 1. The molecule has 0 aromatic carbocycles. The minimum Gasteiger partial charge on any atom is -0.329 e. The average molecular weight is 251 g/mol. The van der Waals surface area contributed by atoms with Crippen molar-refractivity contribution in [2.45, 2.75) is 75.5 Å². The van der Waals surface area contributed by atoms with E-state index in [9.17, 15) is 0 Å². The molecule has 2 atom stereocenters. The van der Waals surface area contributed by atoms with Crippen LogP contribution in [0.3, 0.4) is 0 Å². The van der Waals surface area contributed by atoms with Crippen LogP contribution >= 0.6 is 0 Å². The van der Waals surface area contributed by atoms with Gasteiger partial charge in [-0.25, -0.2) is 0 Å². The van der Waals surface area contributed by atoms with Crippen molar-refractivity contribution in [1.82, 2.24) is 9.80 Å². The van der Waals surface area contributed by atoms with Gasteiger partial charge in [-0.1, -0.05) is 12.8 Å². The third-order valence-electron chi connectivity index (χ3n) is 5.73. The Morgan fingerprint density at radius 3 is 2.44 bits per heavy atom. The predicted molar refractivity (Wildman–Crippen MR) is 75.6 cm³/mol. The smallest absolute Gasteiger partial charge is 0.0473 e. The lowest BCUT2D eigenvalue weighted by atomic mass is 9.92. The van der Waals surface area contributed by atoms with Crippen LogP contribution in [0.1, 0.15) is 51.9 Å². The molecule has 2 aliphatic carbocycles. The molecule has 3 heteroatoms. The highest BCUT2D eigenvalue weighted by Gasteiger charge is 2.49. The molecule has 0 spiro atoms. The normalized spacial score (nSPS) is 39.0. The van der Waals surface area contributed by atoms with Crippen LogP contribution in [0.5, 0.6) is 0 Å². The van der Waals surface area contributed by atoms with Gasteiger partial charge in [0.05, 0.1) is 0 Å². The molecule has 2 N–H and O–H groups in total. The van der Waals surface area contributed by atoms with Crippen LogP contribution in [-0.4, -0.2) is 53.6 Å². The zero-order chi connectivity index (χ0) is 12.8. The second-order valence-electron chi connectivity index (χ2n) is 6.93. The summed E-state index contributed by atoms with van der Waals surface area (Å²) in [6.45, 7) is 4.44. The Morgan fingerprint density at radius 1 is 1.22 bits per heavy atom. The van der Waals surface area contributed by atoms with Crippen molar-refractivity contribution in [3.63, 3.8) is 0 Å². The number of hydrogen-bond donors (Lipinski definition) is 1. The van der Waals surface area contributed by atoms with E-state index in [0.717, 1.165) is 24.7 Å². The maximum Gasteiger partial charge on any atom is 0.0473 e. The van der Waals surface area contributed by atoms with Crippen LogP contribution in [0.4, 0.5) is 0 Å². The van der Waals surface area contributed by atoms with Gasteiger partial charge in [0.25, 0.3) is 0 Å². The van der Waals surface area contributed by atoms with Crippen molar-refractivity contribution in [1.29, 1.82) is 0 Å². The molecule has 0 bridgehead atoms. The molecule has 1 aliphatic heterocycles. The first-order valence-corrected chi connectivity index (χ1v) is 7.85. The van der Waals surface area contributed by atoms with E-state index < -0.39 is 0 Å².